The molecule has 0 saturated carbocycles. The van der Waals surface area contributed by atoms with E-state index in [1.807, 2.05) is 0 Å². The largest absolute Gasteiger partial charge is 0.366 e. The molecule has 1 aromatic rings. The Kier molecular flexibility index (Phi) is 5.33. The van der Waals surface area contributed by atoms with Gasteiger partial charge in [-0.1, -0.05) is 13.3 Å². The number of rotatable bonds is 5. The van der Waals surface area contributed by atoms with Gasteiger partial charge in [-0.3, -0.25) is 14.5 Å². The minimum absolute atomic E-state index is 0.120. The molecule has 116 valence electrons. The first-order chi connectivity index (χ1) is 10.0. The first kappa shape index (κ1) is 15.9. The number of piperidine rings is 1. The number of nitrogens with zero attached hydrogens (tertiary/aromatic N) is 1. The van der Waals surface area contributed by atoms with Crippen LogP contribution in [0.1, 0.15) is 30.1 Å². The van der Waals surface area contributed by atoms with Crippen LogP contribution in [0.25, 0.3) is 0 Å². The summed E-state index contributed by atoms with van der Waals surface area (Å²) in [7, 11) is 0. The molecule has 2 heterocycles. The van der Waals surface area contributed by atoms with E-state index in [0.717, 1.165) is 25.9 Å². The predicted octanol–water partition coefficient (Wildman–Crippen LogP) is 0.845. The van der Waals surface area contributed by atoms with Crippen molar-refractivity contribution >= 4 is 28.2 Å². The van der Waals surface area contributed by atoms with Crippen molar-refractivity contribution in [2.75, 3.05) is 25.0 Å². The minimum atomic E-state index is -0.526. The highest BCUT2D eigenvalue weighted by atomic mass is 32.1. The summed E-state index contributed by atoms with van der Waals surface area (Å²) in [4.78, 5) is 25.4. The van der Waals surface area contributed by atoms with Gasteiger partial charge in [0.15, 0.2) is 0 Å². The molecule has 0 radical (unpaired) electrons. The van der Waals surface area contributed by atoms with Crippen LogP contribution in [-0.4, -0.2) is 42.4 Å². The van der Waals surface area contributed by atoms with Crippen LogP contribution in [0.3, 0.4) is 0 Å². The predicted molar refractivity (Wildman–Crippen MR) is 84.3 cm³/mol. The van der Waals surface area contributed by atoms with Gasteiger partial charge >= 0.3 is 0 Å². The zero-order valence-corrected chi connectivity index (χ0v) is 13.0. The van der Waals surface area contributed by atoms with Crippen LogP contribution in [0.2, 0.25) is 0 Å². The first-order valence-corrected chi connectivity index (χ1v) is 8.04. The minimum Gasteiger partial charge on any atom is -0.366 e. The summed E-state index contributed by atoms with van der Waals surface area (Å²) in [6.07, 6.45) is 1.94. The third-order valence-corrected chi connectivity index (χ3v) is 4.78. The Labute approximate surface area is 128 Å². The number of anilines is 1. The third-order valence-electron chi connectivity index (χ3n) is 3.95. The molecule has 0 aromatic carbocycles. The molecule has 0 bridgehead atoms. The van der Waals surface area contributed by atoms with Crippen LogP contribution >= 0.6 is 11.3 Å². The van der Waals surface area contributed by atoms with E-state index in [1.165, 1.54) is 11.3 Å². The molecule has 1 saturated heterocycles. The van der Waals surface area contributed by atoms with Crippen LogP contribution in [0.5, 0.6) is 0 Å². The molecule has 1 fully saturated rings. The quantitative estimate of drug-likeness (QED) is 0.750. The summed E-state index contributed by atoms with van der Waals surface area (Å²) in [5, 5.41) is 5.03. The Bertz CT molecular complexity index is 517. The highest BCUT2D eigenvalue weighted by Crippen LogP contribution is 2.23. The van der Waals surface area contributed by atoms with Gasteiger partial charge in [0.1, 0.15) is 5.00 Å². The lowest BCUT2D eigenvalue weighted by atomic mass is 9.91. The van der Waals surface area contributed by atoms with E-state index >= 15 is 0 Å². The van der Waals surface area contributed by atoms with E-state index in [0.29, 0.717) is 23.0 Å². The van der Waals surface area contributed by atoms with Crippen molar-refractivity contribution in [2.24, 2.45) is 17.4 Å². The molecule has 0 spiro atoms. The van der Waals surface area contributed by atoms with Gasteiger partial charge in [-0.2, -0.15) is 0 Å². The van der Waals surface area contributed by atoms with E-state index in [1.54, 1.807) is 11.4 Å². The number of likely N-dealkylation sites (tertiary alicyclic amines) is 1. The summed E-state index contributed by atoms with van der Waals surface area (Å²) in [6, 6.07) is 1.85. The molecule has 2 rings (SSSR count). The Hall–Kier alpha value is -1.44. The van der Waals surface area contributed by atoms with Crippen LogP contribution in [-0.2, 0) is 4.79 Å². The van der Waals surface area contributed by atoms with Crippen LogP contribution in [0.15, 0.2) is 11.4 Å². The van der Waals surface area contributed by atoms with Gasteiger partial charge in [0, 0.05) is 19.1 Å². The average Bonchev–Trinajstić information content (AvgIpc) is 2.89. The van der Waals surface area contributed by atoms with Gasteiger partial charge in [-0.05, 0) is 23.8 Å². The van der Waals surface area contributed by atoms with Gasteiger partial charge in [-0.25, -0.2) is 0 Å². The SMILES string of the molecule is CCC1CN(CC(=O)Nc2sccc2C(N)=O)CCC1N. The van der Waals surface area contributed by atoms with Crippen molar-refractivity contribution in [3.8, 4) is 0 Å². The Morgan fingerprint density at radius 3 is 2.95 bits per heavy atom. The summed E-state index contributed by atoms with van der Waals surface area (Å²) >= 11 is 1.30. The van der Waals surface area contributed by atoms with Gasteiger partial charge in [0.05, 0.1) is 12.1 Å². The fourth-order valence-corrected chi connectivity index (χ4v) is 3.48. The van der Waals surface area contributed by atoms with Crippen molar-refractivity contribution in [1.29, 1.82) is 0 Å². The maximum absolute atomic E-state index is 12.1. The molecule has 1 aromatic heterocycles. The van der Waals surface area contributed by atoms with E-state index in [2.05, 4.69) is 17.1 Å². The summed E-state index contributed by atoms with van der Waals surface area (Å²) in [5.41, 5.74) is 11.7. The number of hydrogen-bond donors (Lipinski definition) is 3. The Morgan fingerprint density at radius 2 is 2.29 bits per heavy atom. The fourth-order valence-electron chi connectivity index (χ4n) is 2.67. The second-order valence-corrected chi connectivity index (χ2v) is 6.35. The van der Waals surface area contributed by atoms with Crippen LogP contribution in [0.4, 0.5) is 5.00 Å². The molecule has 1 aliphatic heterocycles. The lowest BCUT2D eigenvalue weighted by Crippen LogP contribution is -2.48. The van der Waals surface area contributed by atoms with Crippen molar-refractivity contribution < 1.29 is 9.59 Å². The Balaban J connectivity index is 1.90. The van der Waals surface area contributed by atoms with E-state index < -0.39 is 5.91 Å². The van der Waals surface area contributed by atoms with Crippen molar-refractivity contribution in [3.63, 3.8) is 0 Å². The molecule has 7 heteroatoms. The zero-order chi connectivity index (χ0) is 15.4. The van der Waals surface area contributed by atoms with Crippen LogP contribution < -0.4 is 16.8 Å². The molecule has 2 unspecified atom stereocenters. The van der Waals surface area contributed by atoms with Crippen LogP contribution in [0, 0.1) is 5.92 Å². The van der Waals surface area contributed by atoms with Crippen molar-refractivity contribution in [2.45, 2.75) is 25.8 Å². The highest BCUT2D eigenvalue weighted by Gasteiger charge is 2.26. The van der Waals surface area contributed by atoms with Crippen molar-refractivity contribution in [3.05, 3.63) is 17.0 Å². The average molecular weight is 310 g/mol. The molecular weight excluding hydrogens is 288 g/mol. The van der Waals surface area contributed by atoms with Gasteiger partial charge in [0.25, 0.3) is 5.91 Å². The number of nitrogens with two attached hydrogens (primary N) is 2. The van der Waals surface area contributed by atoms with E-state index in [-0.39, 0.29) is 11.9 Å². The number of amides is 2. The van der Waals surface area contributed by atoms with Gasteiger partial charge in [0.2, 0.25) is 5.91 Å². The second kappa shape index (κ2) is 7.02. The molecule has 5 N–H and O–H groups in total. The number of nitrogens with one attached hydrogen (secondary N) is 1. The summed E-state index contributed by atoms with van der Waals surface area (Å²) < 4.78 is 0. The molecule has 21 heavy (non-hydrogen) atoms. The standard InChI is InChI=1S/C14H22N4O2S/c1-2-9-7-18(5-3-11(9)15)8-12(19)17-14-10(13(16)20)4-6-21-14/h4,6,9,11H,2-3,5,7-8,15H2,1H3,(H2,16,20)(H,17,19). The maximum atomic E-state index is 12.1. The summed E-state index contributed by atoms with van der Waals surface area (Å²) in [6.45, 7) is 4.12. The normalized spacial score (nSPS) is 23.0. The topological polar surface area (TPSA) is 101 Å². The molecule has 1 aliphatic rings. The molecule has 2 atom stereocenters. The molecule has 2 amide bonds. The first-order valence-electron chi connectivity index (χ1n) is 7.16. The number of thiophene rings is 1. The maximum Gasteiger partial charge on any atom is 0.251 e. The lowest BCUT2D eigenvalue weighted by molar-refractivity contribution is -0.117. The lowest BCUT2D eigenvalue weighted by Gasteiger charge is -2.36. The monoisotopic (exact) mass is 310 g/mol. The molecule has 6 nitrogen and oxygen atoms in total. The number of carbonyl (C=O) groups is 2. The summed E-state index contributed by atoms with van der Waals surface area (Å²) in [5.74, 6) is -0.207. The van der Waals surface area contributed by atoms with Gasteiger partial charge < -0.3 is 16.8 Å². The number of primary amides is 1. The second-order valence-electron chi connectivity index (χ2n) is 5.43. The van der Waals surface area contributed by atoms with Gasteiger partial charge in [-0.15, -0.1) is 11.3 Å². The highest BCUT2D eigenvalue weighted by molar-refractivity contribution is 7.14. The van der Waals surface area contributed by atoms with E-state index in [4.69, 9.17) is 11.5 Å². The third kappa shape index (κ3) is 4.03. The Morgan fingerprint density at radius 1 is 1.52 bits per heavy atom. The zero-order valence-electron chi connectivity index (χ0n) is 12.2. The number of carbonyl (C=O) groups excluding carboxylic acids is 2. The number of hydrogen-bond acceptors (Lipinski definition) is 5. The van der Waals surface area contributed by atoms with Crippen molar-refractivity contribution in [1.82, 2.24) is 4.90 Å². The smallest absolute Gasteiger partial charge is 0.251 e. The molecular formula is C14H22N4O2S. The molecule has 0 aliphatic carbocycles. The van der Waals surface area contributed by atoms with E-state index in [9.17, 15) is 9.59 Å². The fraction of sp³-hybridized carbons (Fsp3) is 0.571.